The van der Waals surface area contributed by atoms with Crippen molar-refractivity contribution in [3.05, 3.63) is 16.1 Å². The first kappa shape index (κ1) is 14.8. The first-order valence-electron chi connectivity index (χ1n) is 6.58. The summed E-state index contributed by atoms with van der Waals surface area (Å²) in [5, 5.41) is 11.8. The quantitative estimate of drug-likeness (QED) is 0.869. The van der Waals surface area contributed by atoms with Crippen LogP contribution in [0.25, 0.3) is 0 Å². The van der Waals surface area contributed by atoms with Crippen LogP contribution in [-0.4, -0.2) is 52.0 Å². The van der Waals surface area contributed by atoms with Crippen LogP contribution in [0.3, 0.4) is 0 Å². The molecule has 1 aliphatic rings. The van der Waals surface area contributed by atoms with E-state index in [1.54, 1.807) is 18.4 Å². The zero-order valence-corrected chi connectivity index (χ0v) is 12.5. The van der Waals surface area contributed by atoms with Gasteiger partial charge in [0.05, 0.1) is 17.2 Å². The summed E-state index contributed by atoms with van der Waals surface area (Å²) in [6.07, 6.45) is 2.16. The van der Waals surface area contributed by atoms with E-state index in [-0.39, 0.29) is 12.6 Å². The number of thiazole rings is 1. The Morgan fingerprint density at radius 1 is 1.50 bits per heavy atom. The second-order valence-electron chi connectivity index (χ2n) is 5.21. The van der Waals surface area contributed by atoms with Gasteiger partial charge in [-0.15, -0.1) is 11.3 Å². The van der Waals surface area contributed by atoms with E-state index in [2.05, 4.69) is 4.98 Å². The molecule has 0 unspecified atom stereocenters. The van der Waals surface area contributed by atoms with Crippen molar-refractivity contribution in [2.45, 2.75) is 26.3 Å². The number of amides is 2. The van der Waals surface area contributed by atoms with E-state index in [1.807, 2.05) is 12.3 Å². The van der Waals surface area contributed by atoms with E-state index in [4.69, 9.17) is 5.11 Å². The van der Waals surface area contributed by atoms with Crippen molar-refractivity contribution in [2.75, 3.05) is 20.1 Å². The van der Waals surface area contributed by atoms with Crippen LogP contribution >= 0.6 is 11.3 Å². The van der Waals surface area contributed by atoms with Crippen LogP contribution in [0.2, 0.25) is 0 Å². The molecule has 0 saturated heterocycles. The molecule has 0 aromatic carbocycles. The number of hydrogen-bond donors (Lipinski definition) is 1. The number of rotatable bonds is 6. The summed E-state index contributed by atoms with van der Waals surface area (Å²) in [6.45, 7) is 2.62. The maximum atomic E-state index is 12.3. The molecule has 6 nitrogen and oxygen atoms in total. The van der Waals surface area contributed by atoms with Gasteiger partial charge in [0.2, 0.25) is 0 Å². The summed E-state index contributed by atoms with van der Waals surface area (Å²) in [7, 11) is 1.68. The number of aliphatic carboxylic acids is 1. The molecule has 1 heterocycles. The van der Waals surface area contributed by atoms with Crippen LogP contribution in [0.5, 0.6) is 0 Å². The molecule has 1 aromatic rings. The third kappa shape index (κ3) is 4.19. The maximum Gasteiger partial charge on any atom is 0.323 e. The van der Waals surface area contributed by atoms with Crippen LogP contribution in [0.1, 0.15) is 23.5 Å². The molecule has 110 valence electrons. The fraction of sp³-hybridized carbons (Fsp3) is 0.615. The maximum absolute atomic E-state index is 12.3. The van der Waals surface area contributed by atoms with E-state index in [1.165, 1.54) is 9.80 Å². The Morgan fingerprint density at radius 3 is 2.70 bits per heavy atom. The molecule has 1 N–H and O–H groups in total. The lowest BCUT2D eigenvalue weighted by Gasteiger charge is -2.26. The molecular weight excluding hydrogens is 278 g/mol. The summed E-state index contributed by atoms with van der Waals surface area (Å²) in [6, 6.07) is -0.245. The van der Waals surface area contributed by atoms with Crippen LogP contribution < -0.4 is 0 Å². The Labute approximate surface area is 122 Å². The Kier molecular flexibility index (Phi) is 4.59. The molecule has 20 heavy (non-hydrogen) atoms. The zero-order chi connectivity index (χ0) is 14.7. The van der Waals surface area contributed by atoms with Crippen molar-refractivity contribution >= 4 is 23.3 Å². The fourth-order valence-electron chi connectivity index (χ4n) is 2.02. The van der Waals surface area contributed by atoms with Gasteiger partial charge < -0.3 is 14.9 Å². The normalized spacial score (nSPS) is 14.1. The average molecular weight is 297 g/mol. The minimum Gasteiger partial charge on any atom is -0.480 e. The van der Waals surface area contributed by atoms with Gasteiger partial charge in [-0.25, -0.2) is 9.78 Å². The van der Waals surface area contributed by atoms with Crippen molar-refractivity contribution < 1.29 is 14.7 Å². The van der Waals surface area contributed by atoms with Crippen molar-refractivity contribution in [1.29, 1.82) is 0 Å². The van der Waals surface area contributed by atoms with Gasteiger partial charge in [0.1, 0.15) is 6.54 Å². The first-order valence-corrected chi connectivity index (χ1v) is 7.46. The number of hydrogen-bond acceptors (Lipinski definition) is 4. The first-order chi connectivity index (χ1) is 9.45. The topological polar surface area (TPSA) is 73.7 Å². The highest BCUT2D eigenvalue weighted by Gasteiger charge is 2.29. The lowest BCUT2D eigenvalue weighted by atomic mass is 10.3. The van der Waals surface area contributed by atoms with E-state index in [9.17, 15) is 9.59 Å². The number of carbonyl (C=O) groups excluding carboxylic acids is 1. The summed E-state index contributed by atoms with van der Waals surface area (Å²) in [4.78, 5) is 30.5. The van der Waals surface area contributed by atoms with Crippen LogP contribution in [0.15, 0.2) is 5.38 Å². The molecule has 2 rings (SSSR count). The van der Waals surface area contributed by atoms with E-state index in [0.717, 1.165) is 23.5 Å². The number of carboxylic acids is 1. The van der Waals surface area contributed by atoms with Crippen molar-refractivity contribution in [3.63, 3.8) is 0 Å². The largest absolute Gasteiger partial charge is 0.480 e. The predicted molar refractivity (Wildman–Crippen MR) is 75.6 cm³/mol. The third-order valence-corrected chi connectivity index (χ3v) is 3.99. The smallest absolute Gasteiger partial charge is 0.323 e. The molecule has 0 radical (unpaired) electrons. The average Bonchev–Trinajstić information content (AvgIpc) is 3.09. The Hall–Kier alpha value is -1.63. The summed E-state index contributed by atoms with van der Waals surface area (Å²) in [5.41, 5.74) is 0.838. The summed E-state index contributed by atoms with van der Waals surface area (Å²) >= 11 is 1.54. The number of aryl methyl sites for hydroxylation is 1. The Morgan fingerprint density at radius 2 is 2.20 bits per heavy atom. The van der Waals surface area contributed by atoms with Crippen molar-refractivity contribution in [2.24, 2.45) is 5.92 Å². The van der Waals surface area contributed by atoms with Gasteiger partial charge in [-0.2, -0.15) is 0 Å². The van der Waals surface area contributed by atoms with Crippen LogP contribution in [0, 0.1) is 12.8 Å². The molecular formula is C13H19N3O3S. The highest BCUT2D eigenvalue weighted by molar-refractivity contribution is 7.09. The molecule has 0 aliphatic heterocycles. The third-order valence-electron chi connectivity index (χ3n) is 3.16. The molecule has 1 fully saturated rings. The number of nitrogens with zero attached hydrogens (tertiary/aromatic N) is 3. The summed E-state index contributed by atoms with van der Waals surface area (Å²) < 4.78 is 0. The minimum atomic E-state index is -0.975. The van der Waals surface area contributed by atoms with E-state index < -0.39 is 5.97 Å². The van der Waals surface area contributed by atoms with Crippen molar-refractivity contribution in [3.8, 4) is 0 Å². The molecule has 1 aliphatic carbocycles. The van der Waals surface area contributed by atoms with Gasteiger partial charge in [-0.05, 0) is 25.7 Å². The number of aromatic nitrogens is 1. The van der Waals surface area contributed by atoms with Gasteiger partial charge in [0.25, 0.3) is 0 Å². The fourth-order valence-corrected chi connectivity index (χ4v) is 2.62. The van der Waals surface area contributed by atoms with Crippen LogP contribution in [-0.2, 0) is 11.3 Å². The van der Waals surface area contributed by atoms with Crippen molar-refractivity contribution in [1.82, 2.24) is 14.8 Å². The Bertz CT molecular complexity index is 499. The molecule has 2 amide bonds. The summed E-state index contributed by atoms with van der Waals surface area (Å²) in [5.74, 6) is -0.509. The lowest BCUT2D eigenvalue weighted by molar-refractivity contribution is -0.137. The van der Waals surface area contributed by atoms with Crippen LogP contribution in [0.4, 0.5) is 4.79 Å². The van der Waals surface area contributed by atoms with Gasteiger partial charge in [-0.3, -0.25) is 4.79 Å². The predicted octanol–water partition coefficient (Wildman–Crippen LogP) is 1.80. The second-order valence-corrected chi connectivity index (χ2v) is 6.28. The molecule has 0 bridgehead atoms. The monoisotopic (exact) mass is 297 g/mol. The lowest BCUT2D eigenvalue weighted by Crippen LogP contribution is -2.44. The van der Waals surface area contributed by atoms with E-state index in [0.29, 0.717) is 19.0 Å². The standard InChI is InChI=1S/C13H19N3O3S/c1-9-14-11(8-20-9)6-15(2)13(19)16(7-12(17)18)5-10-3-4-10/h8,10H,3-7H2,1-2H3,(H,17,18). The molecule has 1 aromatic heterocycles. The highest BCUT2D eigenvalue weighted by Crippen LogP contribution is 2.30. The van der Waals surface area contributed by atoms with Gasteiger partial charge in [-0.1, -0.05) is 0 Å². The van der Waals surface area contributed by atoms with E-state index >= 15 is 0 Å². The molecule has 7 heteroatoms. The molecule has 0 spiro atoms. The molecule has 0 atom stereocenters. The van der Waals surface area contributed by atoms with Gasteiger partial charge in [0.15, 0.2) is 0 Å². The van der Waals surface area contributed by atoms with Gasteiger partial charge >= 0.3 is 12.0 Å². The number of carbonyl (C=O) groups is 2. The zero-order valence-electron chi connectivity index (χ0n) is 11.7. The Balaban J connectivity index is 1.95. The number of urea groups is 1. The highest BCUT2D eigenvalue weighted by atomic mass is 32.1. The number of carboxylic acid groups (broad SMARTS) is 1. The minimum absolute atomic E-state index is 0.240. The second kappa shape index (κ2) is 6.21. The molecule has 1 saturated carbocycles. The van der Waals surface area contributed by atoms with Gasteiger partial charge in [0, 0.05) is 19.0 Å². The SMILES string of the molecule is Cc1nc(CN(C)C(=O)N(CC(=O)O)CC2CC2)cs1.